The number of ether oxygens (including phenoxy) is 1. The molecule has 5 heteroatoms. The Labute approximate surface area is 115 Å². The third-order valence-corrected chi connectivity index (χ3v) is 2.98. The maximum absolute atomic E-state index is 13.5. The maximum atomic E-state index is 13.5. The third kappa shape index (κ3) is 4.38. The van der Waals surface area contributed by atoms with Gasteiger partial charge in [-0.05, 0) is 25.5 Å². The van der Waals surface area contributed by atoms with E-state index in [1.54, 1.807) is 19.2 Å². The first kappa shape index (κ1) is 15.1. The van der Waals surface area contributed by atoms with Crippen molar-refractivity contribution in [1.29, 1.82) is 0 Å². The Balaban J connectivity index is 2.76. The predicted octanol–water partition coefficient (Wildman–Crippen LogP) is 2.66. The van der Waals surface area contributed by atoms with Gasteiger partial charge in [-0.3, -0.25) is 4.79 Å². The lowest BCUT2D eigenvalue weighted by molar-refractivity contribution is 0.0891. The predicted molar refractivity (Wildman–Crippen MR) is 72.7 cm³/mol. The Morgan fingerprint density at radius 3 is 2.89 bits per heavy atom. The molecule has 1 rings (SSSR count). The van der Waals surface area contributed by atoms with Gasteiger partial charge in [0.2, 0.25) is 0 Å². The molecular formula is C13H17BrFNO2. The van der Waals surface area contributed by atoms with Crippen LogP contribution in [0.25, 0.3) is 0 Å². The lowest BCUT2D eigenvalue weighted by Gasteiger charge is -2.17. The number of benzene rings is 1. The molecule has 0 aliphatic carbocycles. The van der Waals surface area contributed by atoms with Crippen LogP contribution in [0.3, 0.4) is 0 Å². The van der Waals surface area contributed by atoms with E-state index in [0.29, 0.717) is 6.61 Å². The van der Waals surface area contributed by atoms with E-state index in [-0.39, 0.29) is 11.6 Å². The summed E-state index contributed by atoms with van der Waals surface area (Å²) in [5.74, 6) is -0.910. The lowest BCUT2D eigenvalue weighted by Crippen LogP contribution is -2.38. The highest BCUT2D eigenvalue weighted by molar-refractivity contribution is 9.09. The standard InChI is InChI=1S/C13H17BrFNO2/c1-9-3-4-12(15)11(7-9)13(17)16-10(5-6-14)8-18-2/h3-4,7,10H,5-6,8H2,1-2H3,(H,16,17). The van der Waals surface area contributed by atoms with E-state index in [1.807, 2.05) is 6.92 Å². The number of hydrogen-bond acceptors (Lipinski definition) is 2. The first-order chi connectivity index (χ1) is 8.58. The normalized spacial score (nSPS) is 12.2. The van der Waals surface area contributed by atoms with E-state index >= 15 is 0 Å². The second-order valence-corrected chi connectivity index (χ2v) is 4.88. The van der Waals surface area contributed by atoms with Gasteiger partial charge in [-0.15, -0.1) is 0 Å². The van der Waals surface area contributed by atoms with E-state index in [1.165, 1.54) is 6.07 Å². The Hall–Kier alpha value is -0.940. The summed E-state index contributed by atoms with van der Waals surface area (Å²) in [6, 6.07) is 4.36. The number of carbonyl (C=O) groups is 1. The second kappa shape index (κ2) is 7.48. The summed E-state index contributed by atoms with van der Waals surface area (Å²) in [4.78, 5) is 12.0. The molecule has 0 aromatic heterocycles. The number of halogens is 2. The molecule has 3 nitrogen and oxygen atoms in total. The molecule has 100 valence electrons. The van der Waals surface area contributed by atoms with Crippen LogP contribution in [0.15, 0.2) is 18.2 Å². The van der Waals surface area contributed by atoms with Crippen molar-refractivity contribution >= 4 is 21.8 Å². The molecule has 0 aliphatic rings. The average Bonchev–Trinajstić information content (AvgIpc) is 2.33. The van der Waals surface area contributed by atoms with Crippen molar-refractivity contribution in [1.82, 2.24) is 5.32 Å². The van der Waals surface area contributed by atoms with Crippen molar-refractivity contribution in [2.24, 2.45) is 0 Å². The Bertz CT molecular complexity index is 406. The molecule has 18 heavy (non-hydrogen) atoms. The van der Waals surface area contributed by atoms with Gasteiger partial charge in [0.15, 0.2) is 0 Å². The van der Waals surface area contributed by atoms with E-state index in [0.717, 1.165) is 17.3 Å². The zero-order valence-corrected chi connectivity index (χ0v) is 12.1. The number of aryl methyl sites for hydroxylation is 1. The fourth-order valence-corrected chi connectivity index (χ4v) is 2.16. The van der Waals surface area contributed by atoms with Gasteiger partial charge in [-0.2, -0.15) is 0 Å². The van der Waals surface area contributed by atoms with Gasteiger partial charge < -0.3 is 10.1 Å². The van der Waals surface area contributed by atoms with Crippen molar-refractivity contribution < 1.29 is 13.9 Å². The van der Waals surface area contributed by atoms with Gasteiger partial charge >= 0.3 is 0 Å². The minimum Gasteiger partial charge on any atom is -0.383 e. The van der Waals surface area contributed by atoms with Gasteiger partial charge in [0.25, 0.3) is 5.91 Å². The van der Waals surface area contributed by atoms with Crippen LogP contribution in [0, 0.1) is 12.7 Å². The van der Waals surface area contributed by atoms with Crippen LogP contribution in [-0.4, -0.2) is 31.0 Å². The summed E-state index contributed by atoms with van der Waals surface area (Å²) in [7, 11) is 1.57. The molecular weight excluding hydrogens is 301 g/mol. The van der Waals surface area contributed by atoms with Gasteiger partial charge in [-0.1, -0.05) is 27.6 Å². The molecule has 0 heterocycles. The van der Waals surface area contributed by atoms with Gasteiger partial charge in [-0.25, -0.2) is 4.39 Å². The maximum Gasteiger partial charge on any atom is 0.254 e. The van der Waals surface area contributed by atoms with Crippen LogP contribution in [0.2, 0.25) is 0 Å². The molecule has 0 aliphatic heterocycles. The summed E-state index contributed by atoms with van der Waals surface area (Å²) < 4.78 is 18.6. The molecule has 1 aromatic rings. The molecule has 1 aromatic carbocycles. The van der Waals surface area contributed by atoms with Crippen molar-refractivity contribution in [3.05, 3.63) is 35.1 Å². The molecule has 0 saturated carbocycles. The molecule has 1 N–H and O–H groups in total. The lowest BCUT2D eigenvalue weighted by atomic mass is 10.1. The first-order valence-electron chi connectivity index (χ1n) is 5.70. The topological polar surface area (TPSA) is 38.3 Å². The molecule has 0 spiro atoms. The number of carbonyl (C=O) groups excluding carboxylic acids is 1. The van der Waals surface area contributed by atoms with Crippen LogP contribution in [0.1, 0.15) is 22.3 Å². The van der Waals surface area contributed by atoms with Crippen LogP contribution in [-0.2, 0) is 4.74 Å². The highest BCUT2D eigenvalue weighted by Gasteiger charge is 2.16. The highest BCUT2D eigenvalue weighted by Crippen LogP contribution is 2.10. The van der Waals surface area contributed by atoms with Crippen LogP contribution in [0.5, 0.6) is 0 Å². The molecule has 0 fully saturated rings. The quantitative estimate of drug-likeness (QED) is 0.819. The zero-order chi connectivity index (χ0) is 13.5. The van der Waals surface area contributed by atoms with Gasteiger partial charge in [0.05, 0.1) is 18.2 Å². The SMILES string of the molecule is COCC(CCBr)NC(=O)c1cc(C)ccc1F. The Morgan fingerprint density at radius 1 is 1.56 bits per heavy atom. The smallest absolute Gasteiger partial charge is 0.254 e. The number of alkyl halides is 1. The largest absolute Gasteiger partial charge is 0.383 e. The van der Waals surface area contributed by atoms with Crippen LogP contribution >= 0.6 is 15.9 Å². The monoisotopic (exact) mass is 317 g/mol. The molecule has 1 atom stereocenters. The number of amides is 1. The van der Waals surface area contributed by atoms with Crippen molar-refractivity contribution in [3.8, 4) is 0 Å². The van der Waals surface area contributed by atoms with E-state index in [4.69, 9.17) is 4.74 Å². The highest BCUT2D eigenvalue weighted by atomic mass is 79.9. The van der Waals surface area contributed by atoms with Crippen molar-refractivity contribution in [3.63, 3.8) is 0 Å². The summed E-state index contributed by atoms with van der Waals surface area (Å²) in [6.07, 6.45) is 0.729. The number of hydrogen-bond donors (Lipinski definition) is 1. The molecule has 0 bridgehead atoms. The zero-order valence-electron chi connectivity index (χ0n) is 10.5. The van der Waals surface area contributed by atoms with Crippen molar-refractivity contribution in [2.75, 3.05) is 19.0 Å². The minimum atomic E-state index is -0.506. The summed E-state index contributed by atoms with van der Waals surface area (Å²) >= 11 is 3.31. The van der Waals surface area contributed by atoms with Crippen molar-refractivity contribution in [2.45, 2.75) is 19.4 Å². The Morgan fingerprint density at radius 2 is 2.28 bits per heavy atom. The first-order valence-corrected chi connectivity index (χ1v) is 6.82. The van der Waals surface area contributed by atoms with E-state index in [9.17, 15) is 9.18 Å². The number of methoxy groups -OCH3 is 1. The molecule has 1 unspecified atom stereocenters. The van der Waals surface area contributed by atoms with Crippen LogP contribution < -0.4 is 5.32 Å². The third-order valence-electron chi connectivity index (χ3n) is 2.53. The molecule has 0 saturated heterocycles. The second-order valence-electron chi connectivity index (χ2n) is 4.09. The summed E-state index contributed by atoms with van der Waals surface area (Å²) in [6.45, 7) is 2.23. The fraction of sp³-hybridized carbons (Fsp3) is 0.462. The number of rotatable bonds is 6. The van der Waals surface area contributed by atoms with E-state index in [2.05, 4.69) is 21.2 Å². The van der Waals surface area contributed by atoms with E-state index < -0.39 is 11.7 Å². The van der Waals surface area contributed by atoms with Crippen LogP contribution in [0.4, 0.5) is 4.39 Å². The Kier molecular flexibility index (Phi) is 6.29. The summed E-state index contributed by atoms with van der Waals surface area (Å²) in [5, 5.41) is 3.52. The minimum absolute atomic E-state index is 0.0747. The fourth-order valence-electron chi connectivity index (χ4n) is 1.61. The average molecular weight is 318 g/mol. The van der Waals surface area contributed by atoms with Gasteiger partial charge in [0, 0.05) is 12.4 Å². The molecule has 1 amide bonds. The summed E-state index contributed by atoms with van der Waals surface area (Å²) in [5.41, 5.74) is 0.927. The van der Waals surface area contributed by atoms with Gasteiger partial charge in [0.1, 0.15) is 5.82 Å². The molecule has 0 radical (unpaired) electrons. The number of nitrogens with one attached hydrogen (secondary N) is 1.